The van der Waals surface area contributed by atoms with Crippen LogP contribution in [0.3, 0.4) is 0 Å². The number of nitrogens with one attached hydrogen (secondary N) is 2. The maximum absolute atomic E-state index is 5.36. The van der Waals surface area contributed by atoms with Crippen LogP contribution in [0.25, 0.3) is 0 Å². The second-order valence-electron chi connectivity index (χ2n) is 6.46. The number of guanidine groups is 1. The molecule has 0 saturated carbocycles. The topological polar surface area (TPSA) is 62.5 Å². The fourth-order valence-corrected chi connectivity index (χ4v) is 2.62. The van der Waals surface area contributed by atoms with Gasteiger partial charge in [-0.05, 0) is 24.8 Å². The third-order valence-corrected chi connectivity index (χ3v) is 4.19. The molecule has 26 heavy (non-hydrogen) atoms. The first-order valence-corrected chi connectivity index (χ1v) is 9.16. The van der Waals surface area contributed by atoms with Crippen LogP contribution < -0.4 is 10.6 Å². The number of aromatic nitrogens is 1. The number of aliphatic imine (C=N–C) groups is 1. The molecule has 1 aromatic heterocycles. The zero-order valence-corrected chi connectivity index (χ0v) is 18.5. The van der Waals surface area contributed by atoms with Gasteiger partial charge in [0.05, 0.1) is 5.69 Å². The minimum atomic E-state index is 0. The Bertz CT molecular complexity index is 655. The van der Waals surface area contributed by atoms with Crippen LogP contribution in [0.4, 0.5) is 0 Å². The molecule has 0 aliphatic heterocycles. The smallest absolute Gasteiger partial charge is 0.191 e. The molecule has 2 aromatic rings. The van der Waals surface area contributed by atoms with E-state index in [1.54, 1.807) is 0 Å². The van der Waals surface area contributed by atoms with Crippen LogP contribution in [0.1, 0.15) is 63.0 Å². The molecule has 2 N–H and O–H groups in total. The fraction of sp³-hybridized carbons (Fsp3) is 0.500. The molecule has 2 rings (SSSR count). The molecule has 1 heterocycles. The maximum atomic E-state index is 5.36. The summed E-state index contributed by atoms with van der Waals surface area (Å²) in [6, 6.07) is 12.6. The number of hydrogen-bond donors (Lipinski definition) is 2. The summed E-state index contributed by atoms with van der Waals surface area (Å²) in [7, 11) is 0. The van der Waals surface area contributed by atoms with Crippen molar-refractivity contribution in [1.82, 2.24) is 15.8 Å². The number of nitrogens with zero attached hydrogens (tertiary/aromatic N) is 2. The molecular formula is C20H31IN4O. The Kier molecular flexibility index (Phi) is 10.3. The molecule has 0 saturated heterocycles. The molecule has 0 aliphatic rings. The van der Waals surface area contributed by atoms with Gasteiger partial charge >= 0.3 is 0 Å². The van der Waals surface area contributed by atoms with E-state index in [2.05, 4.69) is 78.8 Å². The Labute approximate surface area is 174 Å². The maximum Gasteiger partial charge on any atom is 0.191 e. The summed E-state index contributed by atoms with van der Waals surface area (Å²) >= 11 is 0. The second-order valence-corrected chi connectivity index (χ2v) is 6.46. The van der Waals surface area contributed by atoms with E-state index in [9.17, 15) is 0 Å². The van der Waals surface area contributed by atoms with E-state index in [1.165, 1.54) is 5.56 Å². The molecule has 1 atom stereocenters. The van der Waals surface area contributed by atoms with Crippen molar-refractivity contribution in [3.05, 3.63) is 53.4 Å². The van der Waals surface area contributed by atoms with Crippen molar-refractivity contribution < 1.29 is 4.52 Å². The molecule has 5 nitrogen and oxygen atoms in total. The number of hydrogen-bond acceptors (Lipinski definition) is 3. The van der Waals surface area contributed by atoms with E-state index in [1.807, 2.05) is 6.07 Å². The highest BCUT2D eigenvalue weighted by Crippen LogP contribution is 2.18. The highest BCUT2D eigenvalue weighted by Gasteiger charge is 2.11. The van der Waals surface area contributed by atoms with Crippen LogP contribution in [-0.2, 0) is 6.54 Å². The van der Waals surface area contributed by atoms with Gasteiger partial charge in [-0.3, -0.25) is 0 Å². The van der Waals surface area contributed by atoms with Gasteiger partial charge in [0, 0.05) is 25.1 Å². The third kappa shape index (κ3) is 6.97. The van der Waals surface area contributed by atoms with Crippen LogP contribution in [-0.4, -0.2) is 24.2 Å². The summed E-state index contributed by atoms with van der Waals surface area (Å²) in [5.74, 6) is 2.42. The third-order valence-electron chi connectivity index (χ3n) is 4.19. The molecule has 0 aliphatic carbocycles. The van der Waals surface area contributed by atoms with Crippen molar-refractivity contribution in [1.29, 1.82) is 0 Å². The first-order chi connectivity index (χ1) is 12.1. The minimum Gasteiger partial charge on any atom is -0.359 e. The Morgan fingerprint density at radius 1 is 1.15 bits per heavy atom. The molecular weight excluding hydrogens is 439 g/mol. The molecule has 0 fully saturated rings. The molecule has 1 aromatic carbocycles. The first kappa shape index (κ1) is 22.5. The molecule has 0 spiro atoms. The lowest BCUT2D eigenvalue weighted by Crippen LogP contribution is -2.39. The Hall–Kier alpha value is -1.57. The van der Waals surface area contributed by atoms with E-state index in [-0.39, 0.29) is 24.0 Å². The zero-order chi connectivity index (χ0) is 18.1. The van der Waals surface area contributed by atoms with Gasteiger partial charge in [0.2, 0.25) is 0 Å². The van der Waals surface area contributed by atoms with E-state index in [0.717, 1.165) is 36.9 Å². The Balaban J connectivity index is 0.00000338. The normalized spacial score (nSPS) is 12.6. The summed E-state index contributed by atoms with van der Waals surface area (Å²) in [6.45, 7) is 10.6. The molecule has 0 radical (unpaired) electrons. The highest BCUT2D eigenvalue weighted by molar-refractivity contribution is 14.0. The molecule has 0 bridgehead atoms. The van der Waals surface area contributed by atoms with Gasteiger partial charge < -0.3 is 15.2 Å². The van der Waals surface area contributed by atoms with E-state index in [4.69, 9.17) is 4.52 Å². The minimum absolute atomic E-state index is 0. The van der Waals surface area contributed by atoms with Crippen LogP contribution >= 0.6 is 24.0 Å². The van der Waals surface area contributed by atoms with Crippen LogP contribution in [0.2, 0.25) is 0 Å². The average Bonchev–Trinajstić information content (AvgIpc) is 3.10. The zero-order valence-electron chi connectivity index (χ0n) is 16.2. The predicted molar refractivity (Wildman–Crippen MR) is 118 cm³/mol. The summed E-state index contributed by atoms with van der Waals surface area (Å²) in [5, 5.41) is 10.8. The lowest BCUT2D eigenvalue weighted by molar-refractivity contribution is 0.376. The van der Waals surface area contributed by atoms with E-state index < -0.39 is 0 Å². The largest absolute Gasteiger partial charge is 0.359 e. The Morgan fingerprint density at radius 3 is 2.46 bits per heavy atom. The van der Waals surface area contributed by atoms with Crippen LogP contribution in [0, 0.1) is 0 Å². The highest BCUT2D eigenvalue weighted by atomic mass is 127. The van der Waals surface area contributed by atoms with E-state index >= 15 is 0 Å². The molecule has 0 amide bonds. The monoisotopic (exact) mass is 470 g/mol. The van der Waals surface area contributed by atoms with Crippen LogP contribution in [0.15, 0.2) is 45.9 Å². The Morgan fingerprint density at radius 2 is 1.88 bits per heavy atom. The van der Waals surface area contributed by atoms with Gasteiger partial charge in [-0.25, -0.2) is 4.99 Å². The van der Waals surface area contributed by atoms with Crippen molar-refractivity contribution >= 4 is 29.9 Å². The number of rotatable bonds is 8. The van der Waals surface area contributed by atoms with Crippen molar-refractivity contribution in [2.75, 3.05) is 13.1 Å². The number of halogens is 1. The standard InChI is InChI=1S/C20H30N4O.HI/c1-5-16(17-10-8-7-9-11-17)13-22-20(21-6-2)23-14-18-12-19(15(3)4)24-25-18;/h7-12,15-16H,5-6,13-14H2,1-4H3,(H2,21,22,23);1H. The summed E-state index contributed by atoms with van der Waals surface area (Å²) in [5.41, 5.74) is 2.32. The predicted octanol–water partition coefficient (Wildman–Crippen LogP) is 4.66. The molecule has 6 heteroatoms. The number of benzene rings is 1. The first-order valence-electron chi connectivity index (χ1n) is 9.16. The van der Waals surface area contributed by atoms with Gasteiger partial charge in [0.1, 0.15) is 6.54 Å². The van der Waals surface area contributed by atoms with Crippen molar-refractivity contribution in [3.8, 4) is 0 Å². The second kappa shape index (κ2) is 11.9. The summed E-state index contributed by atoms with van der Waals surface area (Å²) < 4.78 is 5.36. The van der Waals surface area contributed by atoms with Gasteiger partial charge in [0.25, 0.3) is 0 Å². The lowest BCUT2D eigenvalue weighted by Gasteiger charge is -2.18. The lowest BCUT2D eigenvalue weighted by atomic mass is 9.97. The van der Waals surface area contributed by atoms with Crippen molar-refractivity contribution in [2.45, 2.75) is 52.5 Å². The van der Waals surface area contributed by atoms with Crippen molar-refractivity contribution in [2.24, 2.45) is 4.99 Å². The molecule has 1 unspecified atom stereocenters. The average molecular weight is 470 g/mol. The van der Waals surface area contributed by atoms with Gasteiger partial charge in [-0.1, -0.05) is 56.3 Å². The van der Waals surface area contributed by atoms with Gasteiger partial charge in [-0.15, -0.1) is 24.0 Å². The molecule has 144 valence electrons. The van der Waals surface area contributed by atoms with Gasteiger partial charge in [-0.2, -0.15) is 0 Å². The van der Waals surface area contributed by atoms with Crippen LogP contribution in [0.5, 0.6) is 0 Å². The van der Waals surface area contributed by atoms with E-state index in [0.29, 0.717) is 18.4 Å². The van der Waals surface area contributed by atoms with Gasteiger partial charge in [0.15, 0.2) is 11.7 Å². The summed E-state index contributed by atoms with van der Waals surface area (Å²) in [6.07, 6.45) is 1.08. The SMILES string of the molecule is CCNC(=NCc1cc(C(C)C)no1)NCC(CC)c1ccccc1.I. The quantitative estimate of drug-likeness (QED) is 0.335. The summed E-state index contributed by atoms with van der Waals surface area (Å²) in [4.78, 5) is 4.62. The fourth-order valence-electron chi connectivity index (χ4n) is 2.62. The van der Waals surface area contributed by atoms with Crippen molar-refractivity contribution in [3.63, 3.8) is 0 Å².